The van der Waals surface area contributed by atoms with Crippen molar-refractivity contribution in [3.05, 3.63) is 55.4 Å². The van der Waals surface area contributed by atoms with Gasteiger partial charge in [-0.05, 0) is 80.7 Å². The SMILES string of the molecule is NCCc1ccc(Oc2ccc(Br)cc2Br)c(Br)c1. The minimum atomic E-state index is 0.644. The van der Waals surface area contributed by atoms with Gasteiger partial charge < -0.3 is 10.5 Å². The van der Waals surface area contributed by atoms with Gasteiger partial charge in [-0.15, -0.1) is 0 Å². The monoisotopic (exact) mass is 447 g/mol. The highest BCUT2D eigenvalue weighted by Crippen LogP contribution is 2.35. The van der Waals surface area contributed by atoms with E-state index in [2.05, 4.69) is 47.8 Å². The summed E-state index contributed by atoms with van der Waals surface area (Å²) in [6, 6.07) is 11.8. The molecule has 0 bridgehead atoms. The number of nitrogens with two attached hydrogens (primary N) is 1. The van der Waals surface area contributed by atoms with Crippen LogP contribution in [0.2, 0.25) is 0 Å². The van der Waals surface area contributed by atoms with Crippen molar-refractivity contribution in [1.29, 1.82) is 0 Å². The standard InChI is InChI=1S/C14H12Br3NO/c15-10-2-4-14(12(17)8-10)19-13-3-1-9(5-6-18)7-11(13)16/h1-4,7-8H,5-6,18H2. The fraction of sp³-hybridized carbons (Fsp3) is 0.143. The highest BCUT2D eigenvalue weighted by Gasteiger charge is 2.07. The Bertz CT molecular complexity index is 587. The maximum absolute atomic E-state index is 5.88. The molecule has 2 rings (SSSR count). The normalized spacial score (nSPS) is 10.5. The molecule has 0 radical (unpaired) electrons. The predicted molar refractivity (Wildman–Crippen MR) is 88.8 cm³/mol. The summed E-state index contributed by atoms with van der Waals surface area (Å²) in [4.78, 5) is 0. The second-order valence-corrected chi connectivity index (χ2v) is 6.60. The summed E-state index contributed by atoms with van der Waals surface area (Å²) in [6.07, 6.45) is 0.862. The lowest BCUT2D eigenvalue weighted by Crippen LogP contribution is -2.02. The van der Waals surface area contributed by atoms with Crippen molar-refractivity contribution in [2.75, 3.05) is 6.54 Å². The van der Waals surface area contributed by atoms with E-state index in [1.54, 1.807) is 0 Å². The summed E-state index contributed by atoms with van der Waals surface area (Å²) < 4.78 is 8.71. The van der Waals surface area contributed by atoms with E-state index in [1.165, 1.54) is 5.56 Å². The predicted octanol–water partition coefficient (Wildman–Crippen LogP) is 5.27. The van der Waals surface area contributed by atoms with E-state index in [1.807, 2.05) is 36.4 Å². The van der Waals surface area contributed by atoms with E-state index in [4.69, 9.17) is 10.5 Å². The molecule has 100 valence electrons. The lowest BCUT2D eigenvalue weighted by Gasteiger charge is -2.11. The average molecular weight is 450 g/mol. The van der Waals surface area contributed by atoms with E-state index in [0.29, 0.717) is 6.54 Å². The zero-order valence-corrected chi connectivity index (χ0v) is 14.8. The third-order valence-electron chi connectivity index (χ3n) is 2.54. The molecule has 0 aliphatic carbocycles. The Kier molecular flexibility index (Phi) is 5.45. The maximum Gasteiger partial charge on any atom is 0.141 e. The Morgan fingerprint density at radius 2 is 1.53 bits per heavy atom. The minimum absolute atomic E-state index is 0.644. The van der Waals surface area contributed by atoms with Crippen LogP contribution in [0.3, 0.4) is 0 Å². The Labute approximate surface area is 137 Å². The van der Waals surface area contributed by atoms with Gasteiger partial charge in [0.05, 0.1) is 8.95 Å². The summed E-state index contributed by atoms with van der Waals surface area (Å²) >= 11 is 10.4. The number of ether oxygens (including phenoxy) is 1. The highest BCUT2D eigenvalue weighted by molar-refractivity contribution is 9.11. The molecule has 0 aliphatic rings. The van der Waals surface area contributed by atoms with Crippen LogP contribution in [0.5, 0.6) is 11.5 Å². The van der Waals surface area contributed by atoms with Crippen molar-refractivity contribution in [3.8, 4) is 11.5 Å². The van der Waals surface area contributed by atoms with Crippen molar-refractivity contribution in [2.24, 2.45) is 5.73 Å². The van der Waals surface area contributed by atoms with Gasteiger partial charge in [0.15, 0.2) is 0 Å². The molecule has 0 unspecified atom stereocenters. The van der Waals surface area contributed by atoms with Crippen molar-refractivity contribution in [2.45, 2.75) is 6.42 Å². The molecule has 5 heteroatoms. The van der Waals surface area contributed by atoms with Gasteiger partial charge in [0, 0.05) is 4.47 Å². The first kappa shape index (κ1) is 15.0. The number of halogens is 3. The molecule has 0 amide bonds. The van der Waals surface area contributed by atoms with Crippen LogP contribution >= 0.6 is 47.8 Å². The van der Waals surface area contributed by atoms with Crippen molar-refractivity contribution in [1.82, 2.24) is 0 Å². The molecule has 19 heavy (non-hydrogen) atoms. The van der Waals surface area contributed by atoms with Crippen LogP contribution in [0, 0.1) is 0 Å². The maximum atomic E-state index is 5.88. The van der Waals surface area contributed by atoms with Gasteiger partial charge in [-0.3, -0.25) is 0 Å². The number of rotatable bonds is 4. The van der Waals surface area contributed by atoms with Gasteiger partial charge in [0.1, 0.15) is 11.5 Å². The molecule has 0 atom stereocenters. The lowest BCUT2D eigenvalue weighted by molar-refractivity contribution is 0.476. The largest absolute Gasteiger partial charge is 0.455 e. The van der Waals surface area contributed by atoms with E-state index in [9.17, 15) is 0 Å². The van der Waals surface area contributed by atoms with Crippen LogP contribution in [0.15, 0.2) is 49.8 Å². The van der Waals surface area contributed by atoms with Crippen LogP contribution in [-0.4, -0.2) is 6.54 Å². The molecule has 0 fully saturated rings. The molecule has 2 nitrogen and oxygen atoms in total. The molecule has 2 N–H and O–H groups in total. The molecular formula is C14H12Br3NO. The molecular weight excluding hydrogens is 438 g/mol. The summed E-state index contributed by atoms with van der Waals surface area (Å²) in [6.45, 7) is 0.644. The summed E-state index contributed by atoms with van der Waals surface area (Å²) in [7, 11) is 0. The highest BCUT2D eigenvalue weighted by atomic mass is 79.9. The Morgan fingerprint density at radius 3 is 2.11 bits per heavy atom. The zero-order chi connectivity index (χ0) is 13.8. The zero-order valence-electron chi connectivity index (χ0n) is 10.00. The van der Waals surface area contributed by atoms with Crippen molar-refractivity contribution >= 4 is 47.8 Å². The third kappa shape index (κ3) is 4.05. The van der Waals surface area contributed by atoms with E-state index in [-0.39, 0.29) is 0 Å². The lowest BCUT2D eigenvalue weighted by atomic mass is 10.1. The van der Waals surface area contributed by atoms with E-state index >= 15 is 0 Å². The smallest absolute Gasteiger partial charge is 0.141 e. The number of hydrogen-bond donors (Lipinski definition) is 1. The second kappa shape index (κ2) is 6.88. The fourth-order valence-electron chi connectivity index (χ4n) is 1.63. The molecule has 0 spiro atoms. The molecule has 0 heterocycles. The van der Waals surface area contributed by atoms with E-state index in [0.717, 1.165) is 31.3 Å². The van der Waals surface area contributed by atoms with Crippen molar-refractivity contribution < 1.29 is 4.74 Å². The first-order valence-corrected chi connectivity index (χ1v) is 8.09. The summed E-state index contributed by atoms with van der Waals surface area (Å²) in [5.41, 5.74) is 6.74. The summed E-state index contributed by atoms with van der Waals surface area (Å²) in [5, 5.41) is 0. The average Bonchev–Trinajstić information content (AvgIpc) is 2.36. The first-order chi connectivity index (χ1) is 9.10. The van der Waals surface area contributed by atoms with Crippen LogP contribution in [0.25, 0.3) is 0 Å². The minimum Gasteiger partial charge on any atom is -0.455 e. The van der Waals surface area contributed by atoms with Crippen LogP contribution < -0.4 is 10.5 Å². The molecule has 0 saturated heterocycles. The van der Waals surface area contributed by atoms with Gasteiger partial charge in [-0.1, -0.05) is 22.0 Å². The molecule has 0 aliphatic heterocycles. The second-order valence-electron chi connectivity index (χ2n) is 3.98. The van der Waals surface area contributed by atoms with Crippen LogP contribution in [0.1, 0.15) is 5.56 Å². The van der Waals surface area contributed by atoms with Gasteiger partial charge in [-0.2, -0.15) is 0 Å². The van der Waals surface area contributed by atoms with Crippen LogP contribution in [0.4, 0.5) is 0 Å². The van der Waals surface area contributed by atoms with E-state index < -0.39 is 0 Å². The van der Waals surface area contributed by atoms with Crippen molar-refractivity contribution in [3.63, 3.8) is 0 Å². The molecule has 2 aromatic carbocycles. The van der Waals surface area contributed by atoms with Gasteiger partial charge >= 0.3 is 0 Å². The number of benzene rings is 2. The Hall–Kier alpha value is -0.360. The third-order valence-corrected chi connectivity index (χ3v) is 4.28. The van der Waals surface area contributed by atoms with Gasteiger partial charge in [0.2, 0.25) is 0 Å². The molecule has 2 aromatic rings. The fourth-order valence-corrected chi connectivity index (χ4v) is 3.26. The molecule has 0 aromatic heterocycles. The Balaban J connectivity index is 2.23. The van der Waals surface area contributed by atoms with Gasteiger partial charge in [0.25, 0.3) is 0 Å². The summed E-state index contributed by atoms with van der Waals surface area (Å²) in [5.74, 6) is 1.55. The van der Waals surface area contributed by atoms with Gasteiger partial charge in [-0.25, -0.2) is 0 Å². The quantitative estimate of drug-likeness (QED) is 0.690. The topological polar surface area (TPSA) is 35.2 Å². The molecule has 0 saturated carbocycles. The Morgan fingerprint density at radius 1 is 0.895 bits per heavy atom. The number of hydrogen-bond acceptors (Lipinski definition) is 2. The van der Waals surface area contributed by atoms with Crippen LogP contribution in [-0.2, 0) is 6.42 Å². The first-order valence-electron chi connectivity index (χ1n) is 5.71.